The molecule has 0 saturated heterocycles. The molecular weight excluding hydrogens is 168 g/mol. The van der Waals surface area contributed by atoms with Crippen molar-refractivity contribution < 1.29 is 0 Å². The Kier molecular flexibility index (Phi) is 3.03. The highest BCUT2D eigenvalue weighted by Crippen LogP contribution is 2.33. The van der Waals surface area contributed by atoms with Crippen LogP contribution in [0.5, 0.6) is 0 Å². The van der Waals surface area contributed by atoms with Crippen LogP contribution in [0.2, 0.25) is 0 Å². The van der Waals surface area contributed by atoms with E-state index >= 15 is 0 Å². The fourth-order valence-corrected chi connectivity index (χ4v) is 2.12. The fraction of sp³-hybridized carbons (Fsp3) is 0.357. The molecule has 1 aromatic carbocycles. The maximum atomic E-state index is 4.19. The van der Waals surface area contributed by atoms with Gasteiger partial charge in [-0.25, -0.2) is 0 Å². The van der Waals surface area contributed by atoms with Crippen LogP contribution >= 0.6 is 0 Å². The highest BCUT2D eigenvalue weighted by molar-refractivity contribution is 5.30. The molecule has 1 radical (unpaired) electrons. The molecule has 1 aliphatic rings. The predicted molar refractivity (Wildman–Crippen MR) is 61.0 cm³/mol. The Bertz CT molecular complexity index is 291. The Morgan fingerprint density at radius 2 is 1.71 bits per heavy atom. The van der Waals surface area contributed by atoms with Crippen LogP contribution in [-0.2, 0) is 6.42 Å². The average molecular weight is 185 g/mol. The smallest absolute Gasteiger partial charge is 0.000611 e. The first-order valence-electron chi connectivity index (χ1n) is 5.43. The zero-order valence-electron chi connectivity index (χ0n) is 8.63. The summed E-state index contributed by atoms with van der Waals surface area (Å²) in [5.74, 6) is 1.61. The molecule has 0 aromatic heterocycles. The van der Waals surface area contributed by atoms with Crippen LogP contribution < -0.4 is 0 Å². The molecule has 1 saturated carbocycles. The lowest BCUT2D eigenvalue weighted by atomic mass is 9.93. The lowest BCUT2D eigenvalue weighted by Crippen LogP contribution is -1.98. The third-order valence-corrected chi connectivity index (χ3v) is 2.97. The summed E-state index contributed by atoms with van der Waals surface area (Å²) in [6.45, 7) is 4.19. The minimum Gasteiger partial charge on any atom is -0.0989 e. The van der Waals surface area contributed by atoms with Crippen molar-refractivity contribution in [1.29, 1.82) is 0 Å². The maximum absolute atomic E-state index is 4.19. The van der Waals surface area contributed by atoms with E-state index in [1.807, 2.05) is 0 Å². The van der Waals surface area contributed by atoms with Crippen molar-refractivity contribution in [3.63, 3.8) is 0 Å². The number of benzene rings is 1. The van der Waals surface area contributed by atoms with Crippen LogP contribution in [0.3, 0.4) is 0 Å². The fourth-order valence-electron chi connectivity index (χ4n) is 2.12. The first-order valence-corrected chi connectivity index (χ1v) is 5.43. The molecule has 0 heteroatoms. The van der Waals surface area contributed by atoms with Gasteiger partial charge in [-0.3, -0.25) is 0 Å². The summed E-state index contributed by atoms with van der Waals surface area (Å²) in [7, 11) is 0. The van der Waals surface area contributed by atoms with Crippen molar-refractivity contribution >= 4 is 0 Å². The molecule has 0 heterocycles. The van der Waals surface area contributed by atoms with Gasteiger partial charge in [0, 0.05) is 5.92 Å². The lowest BCUT2D eigenvalue weighted by Gasteiger charge is -2.11. The molecule has 0 unspecified atom stereocenters. The van der Waals surface area contributed by atoms with E-state index < -0.39 is 0 Å². The Hall–Kier alpha value is -1.04. The van der Waals surface area contributed by atoms with Crippen molar-refractivity contribution in [3.8, 4) is 0 Å². The topological polar surface area (TPSA) is 0 Å². The summed E-state index contributed by atoms with van der Waals surface area (Å²) >= 11 is 0. The molecule has 1 fully saturated rings. The summed E-state index contributed by atoms with van der Waals surface area (Å²) in [6.07, 6.45) is 6.33. The molecule has 0 aliphatic heterocycles. The van der Waals surface area contributed by atoms with Crippen LogP contribution in [0.25, 0.3) is 0 Å². The highest BCUT2D eigenvalue weighted by atomic mass is 14.2. The van der Waals surface area contributed by atoms with Crippen molar-refractivity contribution in [2.45, 2.75) is 32.1 Å². The highest BCUT2D eigenvalue weighted by Gasteiger charge is 2.18. The Balaban J connectivity index is 1.94. The van der Waals surface area contributed by atoms with E-state index in [4.69, 9.17) is 0 Å². The van der Waals surface area contributed by atoms with Crippen LogP contribution in [0, 0.1) is 5.92 Å². The molecule has 0 N–H and O–H groups in total. The summed E-state index contributed by atoms with van der Waals surface area (Å²) in [5.41, 5.74) is 2.74. The molecule has 0 spiro atoms. The van der Waals surface area contributed by atoms with Gasteiger partial charge in [-0.1, -0.05) is 55.3 Å². The molecular formula is C14H17. The average Bonchev–Trinajstić information content (AvgIpc) is 2.72. The quantitative estimate of drug-likeness (QED) is 0.669. The van der Waals surface area contributed by atoms with Gasteiger partial charge in [0.15, 0.2) is 0 Å². The van der Waals surface area contributed by atoms with Gasteiger partial charge < -0.3 is 0 Å². The van der Waals surface area contributed by atoms with Gasteiger partial charge in [0.25, 0.3) is 0 Å². The molecule has 1 aliphatic carbocycles. The molecule has 0 nitrogen and oxygen atoms in total. The first-order chi connectivity index (χ1) is 6.86. The first kappa shape index (κ1) is 9.51. The number of hydrogen-bond donors (Lipinski definition) is 0. The van der Waals surface area contributed by atoms with Crippen molar-refractivity contribution in [2.24, 2.45) is 0 Å². The molecule has 0 bridgehead atoms. The second-order valence-corrected chi connectivity index (χ2v) is 4.08. The van der Waals surface area contributed by atoms with Gasteiger partial charge in [-0.15, -0.1) is 0 Å². The Morgan fingerprint density at radius 1 is 1.07 bits per heavy atom. The number of hydrogen-bond acceptors (Lipinski definition) is 0. The Labute approximate surface area is 86.7 Å². The zero-order valence-corrected chi connectivity index (χ0v) is 8.63. The third kappa shape index (κ3) is 2.25. The van der Waals surface area contributed by atoms with Crippen LogP contribution in [0.15, 0.2) is 42.5 Å². The largest absolute Gasteiger partial charge is 0.0989 e. The van der Waals surface area contributed by atoms with Gasteiger partial charge in [0.1, 0.15) is 0 Å². The van der Waals surface area contributed by atoms with Crippen LogP contribution in [-0.4, -0.2) is 0 Å². The molecule has 0 amide bonds. The minimum atomic E-state index is 1.04. The molecule has 0 atom stereocenters. The lowest BCUT2D eigenvalue weighted by molar-refractivity contribution is 0.886. The second kappa shape index (κ2) is 4.45. The van der Waals surface area contributed by atoms with E-state index in [0.29, 0.717) is 0 Å². The van der Waals surface area contributed by atoms with Crippen LogP contribution in [0.1, 0.15) is 31.2 Å². The van der Waals surface area contributed by atoms with Crippen molar-refractivity contribution in [2.75, 3.05) is 0 Å². The summed E-state index contributed by atoms with van der Waals surface area (Å²) in [6, 6.07) is 10.6. The van der Waals surface area contributed by atoms with Gasteiger partial charge in [0.2, 0.25) is 0 Å². The van der Waals surface area contributed by atoms with E-state index in [1.54, 1.807) is 5.92 Å². The van der Waals surface area contributed by atoms with Gasteiger partial charge in [-0.2, -0.15) is 0 Å². The van der Waals surface area contributed by atoms with E-state index in [9.17, 15) is 0 Å². The van der Waals surface area contributed by atoms with Crippen molar-refractivity contribution in [1.82, 2.24) is 0 Å². The SMILES string of the molecule is C=C(Cc1ccccc1)[C]1CCCC1. The second-order valence-electron chi connectivity index (χ2n) is 4.08. The molecule has 73 valence electrons. The number of allylic oxidation sites excluding steroid dienone is 1. The Morgan fingerprint density at radius 3 is 2.36 bits per heavy atom. The standard InChI is InChI=1S/C14H17/c1-12(14-9-5-6-10-14)11-13-7-3-2-4-8-13/h2-4,7-8H,1,5-6,9-11H2. The number of rotatable bonds is 3. The van der Waals surface area contributed by atoms with Gasteiger partial charge in [0.05, 0.1) is 0 Å². The third-order valence-electron chi connectivity index (χ3n) is 2.97. The van der Waals surface area contributed by atoms with Gasteiger partial charge >= 0.3 is 0 Å². The van der Waals surface area contributed by atoms with E-state index in [2.05, 4.69) is 36.9 Å². The molecule has 14 heavy (non-hydrogen) atoms. The summed E-state index contributed by atoms with van der Waals surface area (Å²) in [5, 5.41) is 0. The minimum absolute atomic E-state index is 1.04. The zero-order chi connectivity index (χ0) is 9.80. The summed E-state index contributed by atoms with van der Waals surface area (Å²) < 4.78 is 0. The molecule has 2 rings (SSSR count). The van der Waals surface area contributed by atoms with E-state index in [1.165, 1.54) is 36.8 Å². The predicted octanol–water partition coefficient (Wildman–Crippen LogP) is 3.93. The van der Waals surface area contributed by atoms with E-state index in [0.717, 1.165) is 6.42 Å². The normalized spacial score (nSPS) is 17.1. The maximum Gasteiger partial charge on any atom is 0.000611 e. The monoisotopic (exact) mass is 185 g/mol. The van der Waals surface area contributed by atoms with Crippen molar-refractivity contribution in [3.05, 3.63) is 54.0 Å². The van der Waals surface area contributed by atoms with Crippen LogP contribution in [0.4, 0.5) is 0 Å². The van der Waals surface area contributed by atoms with E-state index in [-0.39, 0.29) is 0 Å². The molecule has 1 aromatic rings. The van der Waals surface area contributed by atoms with Gasteiger partial charge in [-0.05, 0) is 24.8 Å². The summed E-state index contributed by atoms with van der Waals surface area (Å²) in [4.78, 5) is 0.